The Morgan fingerprint density at radius 2 is 1.76 bits per heavy atom. The van der Waals surface area contributed by atoms with Gasteiger partial charge >= 0.3 is 0 Å². The summed E-state index contributed by atoms with van der Waals surface area (Å²) in [5.74, 6) is 1.51. The molecule has 2 heterocycles. The van der Waals surface area contributed by atoms with Crippen LogP contribution in [0.1, 0.15) is 5.82 Å². The van der Waals surface area contributed by atoms with Crippen molar-refractivity contribution in [2.24, 2.45) is 0 Å². The van der Waals surface area contributed by atoms with Gasteiger partial charge in [-0.3, -0.25) is 9.67 Å². The van der Waals surface area contributed by atoms with E-state index in [9.17, 15) is 0 Å². The molecule has 0 spiro atoms. The molecular weight excluding hydrogens is 216 g/mol. The molecule has 3 aromatic rings. The molecule has 3 rings (SSSR count). The lowest BCUT2D eigenvalue weighted by atomic mass is 10.2. The zero-order chi connectivity index (χ0) is 11.7. The maximum absolute atomic E-state index is 4.28. The Morgan fingerprint density at radius 1 is 1.06 bits per heavy atom. The number of benzene rings is 1. The van der Waals surface area contributed by atoms with Crippen LogP contribution in [0.4, 0.5) is 0 Å². The highest BCUT2D eigenvalue weighted by molar-refractivity contribution is 5.56. The third-order valence-electron chi connectivity index (χ3n) is 2.44. The Morgan fingerprint density at radius 3 is 2.35 bits per heavy atom. The summed E-state index contributed by atoms with van der Waals surface area (Å²) in [6.07, 6.45) is 3.32. The molecule has 0 atom stereocenters. The summed E-state index contributed by atoms with van der Waals surface area (Å²) in [5.41, 5.74) is 1.98. The van der Waals surface area contributed by atoms with Gasteiger partial charge in [0.25, 0.3) is 0 Å². The van der Waals surface area contributed by atoms with Crippen molar-refractivity contribution in [2.45, 2.75) is 6.92 Å². The van der Waals surface area contributed by atoms with Crippen LogP contribution < -0.4 is 0 Å². The molecule has 2 aromatic heterocycles. The summed E-state index contributed by atoms with van der Waals surface area (Å²) in [7, 11) is 0. The van der Waals surface area contributed by atoms with E-state index in [1.54, 1.807) is 12.7 Å². The second-order valence-corrected chi connectivity index (χ2v) is 3.66. The number of aromatic amines is 1. The van der Waals surface area contributed by atoms with Crippen LogP contribution in [-0.2, 0) is 0 Å². The number of H-pyrrole nitrogens is 1. The fourth-order valence-electron chi connectivity index (χ4n) is 1.59. The maximum atomic E-state index is 4.28. The van der Waals surface area contributed by atoms with Crippen LogP contribution in [0.5, 0.6) is 0 Å². The van der Waals surface area contributed by atoms with Crippen molar-refractivity contribution in [3.8, 4) is 17.1 Å². The number of rotatable bonds is 2. The highest BCUT2D eigenvalue weighted by Gasteiger charge is 2.03. The quantitative estimate of drug-likeness (QED) is 0.716. The molecule has 6 nitrogen and oxygen atoms in total. The number of hydrogen-bond acceptors (Lipinski definition) is 4. The SMILES string of the molecule is Cc1nc(-c2ccc(-n3cnnc3)cc2)n[nH]1. The summed E-state index contributed by atoms with van der Waals surface area (Å²) in [5, 5.41) is 14.5. The third kappa shape index (κ3) is 1.80. The first-order valence-corrected chi connectivity index (χ1v) is 5.17. The first-order valence-electron chi connectivity index (χ1n) is 5.17. The minimum absolute atomic E-state index is 0.706. The predicted molar refractivity (Wildman–Crippen MR) is 61.5 cm³/mol. The third-order valence-corrected chi connectivity index (χ3v) is 2.44. The van der Waals surface area contributed by atoms with Crippen molar-refractivity contribution in [3.63, 3.8) is 0 Å². The molecule has 0 saturated carbocycles. The van der Waals surface area contributed by atoms with Gasteiger partial charge in [0.15, 0.2) is 5.82 Å². The molecule has 0 fully saturated rings. The standard InChI is InChI=1S/C11H10N6/c1-8-14-11(16-15-8)9-2-4-10(5-3-9)17-6-12-13-7-17/h2-7H,1H3,(H,14,15,16). The van der Waals surface area contributed by atoms with Gasteiger partial charge in [0, 0.05) is 11.3 Å². The second-order valence-electron chi connectivity index (χ2n) is 3.66. The number of aryl methyl sites for hydroxylation is 1. The lowest BCUT2D eigenvalue weighted by molar-refractivity contribution is 1.04. The monoisotopic (exact) mass is 226 g/mol. The molecule has 84 valence electrons. The van der Waals surface area contributed by atoms with Gasteiger partial charge in [0.1, 0.15) is 18.5 Å². The van der Waals surface area contributed by atoms with Crippen LogP contribution in [0.25, 0.3) is 17.1 Å². The van der Waals surface area contributed by atoms with Crippen molar-refractivity contribution in [1.29, 1.82) is 0 Å². The molecule has 0 bridgehead atoms. The van der Waals surface area contributed by atoms with Gasteiger partial charge in [-0.2, -0.15) is 5.10 Å². The molecule has 0 aliphatic heterocycles. The van der Waals surface area contributed by atoms with E-state index in [-0.39, 0.29) is 0 Å². The van der Waals surface area contributed by atoms with Crippen LogP contribution >= 0.6 is 0 Å². The van der Waals surface area contributed by atoms with Crippen LogP contribution in [-0.4, -0.2) is 29.9 Å². The van der Waals surface area contributed by atoms with Crippen molar-refractivity contribution >= 4 is 0 Å². The highest BCUT2D eigenvalue weighted by Crippen LogP contribution is 2.16. The molecule has 0 radical (unpaired) electrons. The topological polar surface area (TPSA) is 72.3 Å². The lowest BCUT2D eigenvalue weighted by Gasteiger charge is -2.01. The van der Waals surface area contributed by atoms with Crippen molar-refractivity contribution in [2.75, 3.05) is 0 Å². The molecule has 0 amide bonds. The average Bonchev–Trinajstić information content (AvgIpc) is 3.00. The zero-order valence-corrected chi connectivity index (χ0v) is 9.20. The normalized spacial score (nSPS) is 10.6. The first-order chi connectivity index (χ1) is 8.33. The Hall–Kier alpha value is -2.50. The van der Waals surface area contributed by atoms with Crippen LogP contribution in [0.15, 0.2) is 36.9 Å². The summed E-state index contributed by atoms with van der Waals surface area (Å²) >= 11 is 0. The number of nitrogens with zero attached hydrogens (tertiary/aromatic N) is 5. The van der Waals surface area contributed by atoms with Crippen molar-refractivity contribution in [1.82, 2.24) is 29.9 Å². The molecule has 0 saturated heterocycles. The van der Waals surface area contributed by atoms with Gasteiger partial charge in [-0.25, -0.2) is 4.98 Å². The first kappa shape index (κ1) is 9.71. The fourth-order valence-corrected chi connectivity index (χ4v) is 1.59. The molecule has 0 aliphatic rings. The van der Waals surface area contributed by atoms with Crippen LogP contribution in [0.2, 0.25) is 0 Å². The predicted octanol–water partition coefficient (Wildman–Crippen LogP) is 1.36. The second kappa shape index (κ2) is 3.82. The average molecular weight is 226 g/mol. The largest absolute Gasteiger partial charge is 0.288 e. The summed E-state index contributed by atoms with van der Waals surface area (Å²) < 4.78 is 1.84. The summed E-state index contributed by atoms with van der Waals surface area (Å²) in [4.78, 5) is 4.28. The Bertz CT molecular complexity index is 608. The minimum atomic E-state index is 0.706. The molecule has 1 aromatic carbocycles. The zero-order valence-electron chi connectivity index (χ0n) is 9.20. The van der Waals surface area contributed by atoms with E-state index in [1.807, 2.05) is 35.8 Å². The van der Waals surface area contributed by atoms with E-state index in [2.05, 4.69) is 25.4 Å². The lowest BCUT2D eigenvalue weighted by Crippen LogP contribution is -1.90. The van der Waals surface area contributed by atoms with Gasteiger partial charge in [-0.05, 0) is 31.2 Å². The van der Waals surface area contributed by atoms with Crippen molar-refractivity contribution < 1.29 is 0 Å². The number of aromatic nitrogens is 6. The maximum Gasteiger partial charge on any atom is 0.181 e. The Kier molecular flexibility index (Phi) is 2.18. The van der Waals surface area contributed by atoms with Gasteiger partial charge < -0.3 is 0 Å². The van der Waals surface area contributed by atoms with E-state index in [4.69, 9.17) is 0 Å². The smallest absolute Gasteiger partial charge is 0.181 e. The van der Waals surface area contributed by atoms with Gasteiger partial charge in [-0.1, -0.05) is 0 Å². The van der Waals surface area contributed by atoms with Crippen LogP contribution in [0, 0.1) is 6.92 Å². The van der Waals surface area contributed by atoms with E-state index in [1.165, 1.54) is 0 Å². The molecular formula is C11H10N6. The van der Waals surface area contributed by atoms with E-state index in [0.29, 0.717) is 5.82 Å². The molecule has 17 heavy (non-hydrogen) atoms. The van der Waals surface area contributed by atoms with Gasteiger partial charge in [0.2, 0.25) is 0 Å². The van der Waals surface area contributed by atoms with Gasteiger partial charge in [-0.15, -0.1) is 10.2 Å². The number of hydrogen-bond donors (Lipinski definition) is 1. The highest BCUT2D eigenvalue weighted by atomic mass is 15.2. The molecule has 6 heteroatoms. The summed E-state index contributed by atoms with van der Waals surface area (Å²) in [6.45, 7) is 1.88. The molecule has 1 N–H and O–H groups in total. The number of nitrogens with one attached hydrogen (secondary N) is 1. The van der Waals surface area contributed by atoms with Gasteiger partial charge in [0.05, 0.1) is 0 Å². The van der Waals surface area contributed by atoms with E-state index >= 15 is 0 Å². The molecule has 0 unspecified atom stereocenters. The Labute approximate surface area is 97.4 Å². The Balaban J connectivity index is 1.95. The van der Waals surface area contributed by atoms with Crippen LogP contribution in [0.3, 0.4) is 0 Å². The fraction of sp³-hybridized carbons (Fsp3) is 0.0909. The van der Waals surface area contributed by atoms with Crippen molar-refractivity contribution in [3.05, 3.63) is 42.7 Å². The summed E-state index contributed by atoms with van der Waals surface area (Å²) in [6, 6.07) is 7.89. The minimum Gasteiger partial charge on any atom is -0.288 e. The van der Waals surface area contributed by atoms with E-state index < -0.39 is 0 Å². The molecule has 0 aliphatic carbocycles. The van der Waals surface area contributed by atoms with E-state index in [0.717, 1.165) is 17.1 Å².